The number of pyridine rings is 1. The number of carbonyl (C=O) groups excluding carboxylic acids is 1. The molecule has 5 heteroatoms. The largest absolute Gasteiger partial charge is 0.337 e. The van der Waals surface area contributed by atoms with Crippen LogP contribution in [0.25, 0.3) is 0 Å². The predicted molar refractivity (Wildman–Crippen MR) is 78.6 cm³/mol. The first-order valence-corrected chi connectivity index (χ1v) is 7.67. The molecule has 2 aliphatic heterocycles. The topological polar surface area (TPSA) is 69.0 Å². The Balaban J connectivity index is 1.58. The van der Waals surface area contributed by atoms with E-state index < -0.39 is 0 Å². The maximum Gasteiger partial charge on any atom is 0.272 e. The van der Waals surface area contributed by atoms with Gasteiger partial charge in [0.05, 0.1) is 5.56 Å². The van der Waals surface area contributed by atoms with Crippen LogP contribution in [0.2, 0.25) is 0 Å². The number of amides is 1. The van der Waals surface area contributed by atoms with Crippen LogP contribution in [0.15, 0.2) is 18.3 Å². The van der Waals surface area contributed by atoms with E-state index in [2.05, 4.69) is 10.3 Å². The highest BCUT2D eigenvalue weighted by atomic mass is 16.2. The average molecular weight is 284 g/mol. The van der Waals surface area contributed by atoms with Crippen LogP contribution in [0.4, 0.5) is 0 Å². The zero-order valence-electron chi connectivity index (χ0n) is 12.1. The second kappa shape index (κ2) is 6.23. The molecule has 1 aromatic heterocycles. The van der Waals surface area contributed by atoms with Gasteiger partial charge in [-0.15, -0.1) is 0 Å². The summed E-state index contributed by atoms with van der Waals surface area (Å²) in [5, 5.41) is 12.3. The van der Waals surface area contributed by atoms with Crippen molar-refractivity contribution in [1.29, 1.82) is 5.26 Å². The van der Waals surface area contributed by atoms with Gasteiger partial charge < -0.3 is 10.2 Å². The van der Waals surface area contributed by atoms with Crippen LogP contribution in [0.1, 0.15) is 41.7 Å². The van der Waals surface area contributed by atoms with E-state index in [1.165, 1.54) is 19.0 Å². The van der Waals surface area contributed by atoms with Gasteiger partial charge in [-0.25, -0.2) is 4.98 Å². The lowest BCUT2D eigenvalue weighted by molar-refractivity contribution is 0.0668. The fourth-order valence-corrected chi connectivity index (χ4v) is 3.37. The summed E-state index contributed by atoms with van der Waals surface area (Å²) in [6.07, 6.45) is 6.15. The number of hydrogen-bond donors (Lipinski definition) is 1. The Hall–Kier alpha value is -1.93. The molecular weight excluding hydrogens is 264 g/mol. The second-order valence-electron chi connectivity index (χ2n) is 5.88. The summed E-state index contributed by atoms with van der Waals surface area (Å²) >= 11 is 0. The van der Waals surface area contributed by atoms with Crippen LogP contribution in [-0.2, 0) is 0 Å². The number of rotatable bonds is 2. The van der Waals surface area contributed by atoms with E-state index in [1.54, 1.807) is 12.1 Å². The molecule has 1 atom stereocenters. The first kappa shape index (κ1) is 14.0. The Kier molecular flexibility index (Phi) is 4.16. The Morgan fingerprint density at radius 3 is 2.71 bits per heavy atom. The summed E-state index contributed by atoms with van der Waals surface area (Å²) in [5.41, 5.74) is 0.920. The van der Waals surface area contributed by atoms with Gasteiger partial charge in [-0.1, -0.05) is 0 Å². The van der Waals surface area contributed by atoms with Crippen molar-refractivity contribution < 1.29 is 4.79 Å². The minimum atomic E-state index is -0.0164. The Bertz CT molecular complexity index is 534. The van der Waals surface area contributed by atoms with Gasteiger partial charge >= 0.3 is 0 Å². The van der Waals surface area contributed by atoms with Crippen molar-refractivity contribution in [3.05, 3.63) is 29.6 Å². The second-order valence-corrected chi connectivity index (χ2v) is 5.88. The summed E-state index contributed by atoms with van der Waals surface area (Å²) in [6.45, 7) is 2.76. The normalized spacial score (nSPS) is 23.0. The van der Waals surface area contributed by atoms with E-state index >= 15 is 0 Å². The lowest BCUT2D eigenvalue weighted by Gasteiger charge is -2.34. The van der Waals surface area contributed by atoms with Gasteiger partial charge in [-0.3, -0.25) is 4.79 Å². The standard InChI is InChI=1S/C16H20N4O/c17-10-12-3-4-15(19-11-12)16(21)20-8-5-13(6-9-20)14-2-1-7-18-14/h3-4,11,13-14,18H,1-2,5-9H2. The molecule has 110 valence electrons. The molecule has 3 heterocycles. The molecule has 0 spiro atoms. The molecular formula is C16H20N4O. The first-order chi connectivity index (χ1) is 10.3. The molecule has 5 nitrogen and oxygen atoms in total. The number of nitrogens with zero attached hydrogens (tertiary/aromatic N) is 3. The molecule has 1 N–H and O–H groups in total. The lowest BCUT2D eigenvalue weighted by atomic mass is 9.88. The van der Waals surface area contributed by atoms with E-state index in [0.717, 1.165) is 32.5 Å². The van der Waals surface area contributed by atoms with Crippen molar-refractivity contribution in [3.63, 3.8) is 0 Å². The fraction of sp³-hybridized carbons (Fsp3) is 0.562. The molecule has 1 unspecified atom stereocenters. The third kappa shape index (κ3) is 3.06. The number of nitrogens with one attached hydrogen (secondary N) is 1. The van der Waals surface area contributed by atoms with Crippen LogP contribution < -0.4 is 5.32 Å². The molecule has 2 fully saturated rings. The highest BCUT2D eigenvalue weighted by Gasteiger charge is 2.30. The summed E-state index contributed by atoms with van der Waals surface area (Å²) < 4.78 is 0. The number of carbonyl (C=O) groups is 1. The molecule has 2 saturated heterocycles. The molecule has 1 aromatic rings. The van der Waals surface area contributed by atoms with Gasteiger partial charge in [0.2, 0.25) is 0 Å². The summed E-state index contributed by atoms with van der Waals surface area (Å²) in [7, 11) is 0. The quantitative estimate of drug-likeness (QED) is 0.894. The van der Waals surface area contributed by atoms with Crippen LogP contribution in [0.3, 0.4) is 0 Å². The van der Waals surface area contributed by atoms with Crippen LogP contribution in [0.5, 0.6) is 0 Å². The number of likely N-dealkylation sites (tertiary alicyclic amines) is 1. The smallest absolute Gasteiger partial charge is 0.272 e. The Morgan fingerprint density at radius 1 is 1.33 bits per heavy atom. The lowest BCUT2D eigenvalue weighted by Crippen LogP contribution is -2.43. The summed E-state index contributed by atoms with van der Waals surface area (Å²) in [6, 6.07) is 5.96. The fourth-order valence-electron chi connectivity index (χ4n) is 3.37. The zero-order valence-corrected chi connectivity index (χ0v) is 12.1. The molecule has 2 aliphatic rings. The summed E-state index contributed by atoms with van der Waals surface area (Å²) in [4.78, 5) is 18.4. The van der Waals surface area contributed by atoms with E-state index in [-0.39, 0.29) is 5.91 Å². The minimum absolute atomic E-state index is 0.0164. The van der Waals surface area contributed by atoms with Gasteiger partial charge in [0.1, 0.15) is 11.8 Å². The average Bonchev–Trinajstić information content (AvgIpc) is 3.09. The van der Waals surface area contributed by atoms with Crippen molar-refractivity contribution in [2.45, 2.75) is 31.7 Å². The molecule has 0 bridgehead atoms. The Morgan fingerprint density at radius 2 is 2.14 bits per heavy atom. The maximum absolute atomic E-state index is 12.4. The zero-order chi connectivity index (χ0) is 14.7. The molecule has 0 radical (unpaired) electrons. The van der Waals surface area contributed by atoms with Gasteiger partial charge in [0, 0.05) is 25.3 Å². The number of nitriles is 1. The molecule has 0 aromatic carbocycles. The van der Waals surface area contributed by atoms with Crippen molar-refractivity contribution >= 4 is 5.91 Å². The van der Waals surface area contributed by atoms with Crippen molar-refractivity contribution in [1.82, 2.24) is 15.2 Å². The van der Waals surface area contributed by atoms with E-state index in [9.17, 15) is 4.79 Å². The highest BCUT2D eigenvalue weighted by molar-refractivity contribution is 5.92. The number of aromatic nitrogens is 1. The molecule has 3 rings (SSSR count). The van der Waals surface area contributed by atoms with Crippen LogP contribution in [-0.4, -0.2) is 41.5 Å². The molecule has 0 saturated carbocycles. The SMILES string of the molecule is N#Cc1ccc(C(=O)N2CCC(C3CCCN3)CC2)nc1. The predicted octanol–water partition coefficient (Wildman–Crippen LogP) is 1.56. The van der Waals surface area contributed by atoms with Crippen molar-refractivity contribution in [2.24, 2.45) is 5.92 Å². The van der Waals surface area contributed by atoms with Crippen LogP contribution in [0, 0.1) is 17.2 Å². The number of piperidine rings is 1. The van der Waals surface area contributed by atoms with E-state index in [0.29, 0.717) is 23.2 Å². The van der Waals surface area contributed by atoms with Gasteiger partial charge in [-0.05, 0) is 50.3 Å². The van der Waals surface area contributed by atoms with Crippen molar-refractivity contribution in [2.75, 3.05) is 19.6 Å². The highest BCUT2D eigenvalue weighted by Crippen LogP contribution is 2.26. The van der Waals surface area contributed by atoms with Gasteiger partial charge in [-0.2, -0.15) is 5.26 Å². The maximum atomic E-state index is 12.4. The molecule has 1 amide bonds. The first-order valence-electron chi connectivity index (χ1n) is 7.67. The Labute approximate surface area is 125 Å². The van der Waals surface area contributed by atoms with Gasteiger partial charge in [0.25, 0.3) is 5.91 Å². The minimum Gasteiger partial charge on any atom is -0.337 e. The third-order valence-corrected chi connectivity index (χ3v) is 4.61. The van der Waals surface area contributed by atoms with Crippen LogP contribution >= 0.6 is 0 Å². The molecule has 0 aliphatic carbocycles. The van der Waals surface area contributed by atoms with E-state index in [4.69, 9.17) is 5.26 Å². The summed E-state index contributed by atoms with van der Waals surface area (Å²) in [5.74, 6) is 0.683. The van der Waals surface area contributed by atoms with E-state index in [1.807, 2.05) is 11.0 Å². The third-order valence-electron chi connectivity index (χ3n) is 4.61. The van der Waals surface area contributed by atoms with Crippen molar-refractivity contribution in [3.8, 4) is 6.07 Å². The van der Waals surface area contributed by atoms with Gasteiger partial charge in [0.15, 0.2) is 0 Å². The number of hydrogen-bond acceptors (Lipinski definition) is 4. The molecule has 21 heavy (non-hydrogen) atoms. The monoisotopic (exact) mass is 284 g/mol.